The molecule has 2 fully saturated rings. The van der Waals surface area contributed by atoms with E-state index < -0.39 is 5.97 Å². The predicted molar refractivity (Wildman–Crippen MR) is 75.6 cm³/mol. The highest BCUT2D eigenvalue weighted by molar-refractivity contribution is 5.67. The fourth-order valence-corrected chi connectivity index (χ4v) is 3.87. The van der Waals surface area contributed by atoms with Gasteiger partial charge in [0, 0.05) is 18.5 Å². The van der Waals surface area contributed by atoms with Crippen LogP contribution in [-0.2, 0) is 11.2 Å². The number of nitrogens with zero attached hydrogens (tertiary/aromatic N) is 3. The smallest absolute Gasteiger partial charge is 0.303 e. The second-order valence-electron chi connectivity index (χ2n) is 6.04. The lowest BCUT2D eigenvalue weighted by Gasteiger charge is -2.39. The molecule has 0 saturated carbocycles. The molecule has 3 heterocycles. The summed E-state index contributed by atoms with van der Waals surface area (Å²) in [6.45, 7) is 1.88. The minimum atomic E-state index is -0.741. The van der Waals surface area contributed by atoms with Crippen molar-refractivity contribution >= 4 is 11.8 Å². The molecule has 2 bridgehead atoms. The molecule has 114 valence electrons. The number of carbonyl (C=O) groups is 1. The van der Waals surface area contributed by atoms with E-state index in [1.165, 1.54) is 6.33 Å². The van der Waals surface area contributed by atoms with Crippen molar-refractivity contribution in [3.05, 3.63) is 17.8 Å². The van der Waals surface area contributed by atoms with Crippen LogP contribution in [0.5, 0.6) is 0 Å². The molecular formula is C15H20FN3O2. The van der Waals surface area contributed by atoms with E-state index in [0.717, 1.165) is 25.7 Å². The first-order valence-electron chi connectivity index (χ1n) is 7.59. The number of piperidine rings is 1. The van der Waals surface area contributed by atoms with Crippen LogP contribution in [0, 0.1) is 11.7 Å². The van der Waals surface area contributed by atoms with Crippen LogP contribution in [0.2, 0.25) is 0 Å². The molecule has 3 rings (SSSR count). The van der Waals surface area contributed by atoms with Gasteiger partial charge in [-0.2, -0.15) is 0 Å². The fourth-order valence-electron chi connectivity index (χ4n) is 3.87. The molecule has 2 aliphatic rings. The lowest BCUT2D eigenvalue weighted by atomic mass is 9.88. The van der Waals surface area contributed by atoms with Crippen LogP contribution < -0.4 is 4.90 Å². The molecule has 6 heteroatoms. The van der Waals surface area contributed by atoms with Gasteiger partial charge in [-0.1, -0.05) is 6.92 Å². The Kier molecular flexibility index (Phi) is 3.78. The first-order chi connectivity index (χ1) is 10.1. The average molecular weight is 293 g/mol. The van der Waals surface area contributed by atoms with Gasteiger partial charge in [-0.15, -0.1) is 0 Å². The lowest BCUT2D eigenvalue weighted by molar-refractivity contribution is -0.138. The Bertz CT molecular complexity index is 538. The van der Waals surface area contributed by atoms with Crippen molar-refractivity contribution in [3.8, 4) is 0 Å². The number of anilines is 1. The number of aryl methyl sites for hydroxylation is 1. The highest BCUT2D eigenvalue weighted by Gasteiger charge is 2.42. The quantitative estimate of drug-likeness (QED) is 0.923. The molecule has 0 aliphatic carbocycles. The van der Waals surface area contributed by atoms with E-state index in [1.54, 1.807) is 0 Å². The summed E-state index contributed by atoms with van der Waals surface area (Å²) in [4.78, 5) is 21.1. The molecule has 0 spiro atoms. The monoisotopic (exact) mass is 293 g/mol. The van der Waals surface area contributed by atoms with Crippen LogP contribution in [0.25, 0.3) is 0 Å². The molecule has 1 aromatic rings. The first kappa shape index (κ1) is 14.2. The van der Waals surface area contributed by atoms with Crippen LogP contribution in [0.15, 0.2) is 6.33 Å². The molecule has 0 amide bonds. The Morgan fingerprint density at radius 2 is 2.05 bits per heavy atom. The molecule has 2 atom stereocenters. The zero-order chi connectivity index (χ0) is 15.0. The van der Waals surface area contributed by atoms with Crippen LogP contribution in [0.1, 0.15) is 44.7 Å². The summed E-state index contributed by atoms with van der Waals surface area (Å²) >= 11 is 0. The minimum Gasteiger partial charge on any atom is -0.481 e. The van der Waals surface area contributed by atoms with E-state index in [1.807, 2.05) is 6.92 Å². The summed E-state index contributed by atoms with van der Waals surface area (Å²) in [5, 5.41) is 8.96. The first-order valence-corrected chi connectivity index (χ1v) is 7.59. The highest BCUT2D eigenvalue weighted by Crippen LogP contribution is 2.42. The van der Waals surface area contributed by atoms with Gasteiger partial charge in [-0.05, 0) is 38.0 Å². The second-order valence-corrected chi connectivity index (χ2v) is 6.04. The van der Waals surface area contributed by atoms with Crippen molar-refractivity contribution in [3.63, 3.8) is 0 Å². The Balaban J connectivity index is 1.84. The number of carboxylic acid groups (broad SMARTS) is 1. The van der Waals surface area contributed by atoms with Crippen molar-refractivity contribution in [1.82, 2.24) is 9.97 Å². The summed E-state index contributed by atoms with van der Waals surface area (Å²) in [7, 11) is 0. The zero-order valence-electron chi connectivity index (χ0n) is 12.1. The topological polar surface area (TPSA) is 66.3 Å². The van der Waals surface area contributed by atoms with E-state index in [9.17, 15) is 9.18 Å². The molecule has 2 saturated heterocycles. The average Bonchev–Trinajstić information content (AvgIpc) is 2.70. The second kappa shape index (κ2) is 5.58. The van der Waals surface area contributed by atoms with Gasteiger partial charge in [0.05, 0.1) is 5.69 Å². The molecule has 0 aromatic carbocycles. The zero-order valence-corrected chi connectivity index (χ0v) is 12.1. The van der Waals surface area contributed by atoms with Crippen molar-refractivity contribution in [2.75, 3.05) is 4.90 Å². The van der Waals surface area contributed by atoms with Gasteiger partial charge in [0.15, 0.2) is 11.6 Å². The molecule has 21 heavy (non-hydrogen) atoms. The Morgan fingerprint density at radius 3 is 2.62 bits per heavy atom. The van der Waals surface area contributed by atoms with Crippen LogP contribution >= 0.6 is 0 Å². The maximum atomic E-state index is 14.5. The lowest BCUT2D eigenvalue weighted by Crippen LogP contribution is -2.44. The summed E-state index contributed by atoms with van der Waals surface area (Å²) in [5.41, 5.74) is 0.451. The van der Waals surface area contributed by atoms with Gasteiger partial charge in [-0.3, -0.25) is 4.79 Å². The summed E-state index contributed by atoms with van der Waals surface area (Å²) in [5.74, 6) is -0.446. The largest absolute Gasteiger partial charge is 0.481 e. The normalized spacial score (nSPS) is 27.9. The van der Waals surface area contributed by atoms with Crippen molar-refractivity contribution < 1.29 is 14.3 Å². The number of aliphatic carboxylic acids is 1. The molecular weight excluding hydrogens is 273 g/mol. The Labute approximate surface area is 123 Å². The van der Waals surface area contributed by atoms with E-state index in [2.05, 4.69) is 14.9 Å². The number of halogens is 1. The van der Waals surface area contributed by atoms with Gasteiger partial charge in [-0.25, -0.2) is 14.4 Å². The summed E-state index contributed by atoms with van der Waals surface area (Å²) in [6, 6.07) is 0.421. The van der Waals surface area contributed by atoms with Crippen molar-refractivity contribution in [2.24, 2.45) is 5.92 Å². The third kappa shape index (κ3) is 2.59. The molecule has 2 unspecified atom stereocenters. The SMILES string of the molecule is CCc1ncnc(N2C3CCC2CC(CC(=O)O)C3)c1F. The number of hydrogen-bond donors (Lipinski definition) is 1. The number of hydrogen-bond acceptors (Lipinski definition) is 4. The van der Waals surface area contributed by atoms with Gasteiger partial charge in [0.2, 0.25) is 0 Å². The standard InChI is InChI=1S/C15H20FN3O2/c1-2-12-14(16)15(18-8-17-12)19-10-3-4-11(19)6-9(5-10)7-13(20)21/h8-11H,2-7H2,1H3,(H,20,21). The fraction of sp³-hybridized carbons (Fsp3) is 0.667. The maximum Gasteiger partial charge on any atom is 0.303 e. The van der Waals surface area contributed by atoms with Crippen molar-refractivity contribution in [1.29, 1.82) is 0 Å². The van der Waals surface area contributed by atoms with E-state index in [-0.39, 0.29) is 30.2 Å². The number of carboxylic acids is 1. The maximum absolute atomic E-state index is 14.5. The van der Waals surface area contributed by atoms with Gasteiger partial charge >= 0.3 is 5.97 Å². The molecule has 1 N–H and O–H groups in total. The highest BCUT2D eigenvalue weighted by atomic mass is 19.1. The number of aromatic nitrogens is 2. The molecule has 0 radical (unpaired) electrons. The van der Waals surface area contributed by atoms with E-state index in [4.69, 9.17) is 5.11 Å². The van der Waals surface area contributed by atoms with E-state index in [0.29, 0.717) is 17.9 Å². The van der Waals surface area contributed by atoms with Gasteiger partial charge in [0.25, 0.3) is 0 Å². The third-order valence-electron chi connectivity index (χ3n) is 4.72. The third-order valence-corrected chi connectivity index (χ3v) is 4.72. The predicted octanol–water partition coefficient (Wildman–Crippen LogP) is 2.40. The van der Waals surface area contributed by atoms with E-state index >= 15 is 0 Å². The molecule has 2 aliphatic heterocycles. The van der Waals surface area contributed by atoms with Crippen molar-refractivity contribution in [2.45, 2.75) is 57.5 Å². The van der Waals surface area contributed by atoms with Crippen LogP contribution in [-0.4, -0.2) is 33.1 Å². The summed E-state index contributed by atoms with van der Waals surface area (Å²) in [6.07, 6.45) is 5.80. The summed E-state index contributed by atoms with van der Waals surface area (Å²) < 4.78 is 14.5. The Hall–Kier alpha value is -1.72. The number of rotatable bonds is 4. The van der Waals surface area contributed by atoms with Crippen LogP contribution in [0.3, 0.4) is 0 Å². The number of fused-ring (bicyclic) bond motifs is 2. The molecule has 1 aromatic heterocycles. The van der Waals surface area contributed by atoms with Gasteiger partial charge in [0.1, 0.15) is 6.33 Å². The Morgan fingerprint density at radius 1 is 1.38 bits per heavy atom. The minimum absolute atomic E-state index is 0.201. The van der Waals surface area contributed by atoms with Crippen LogP contribution in [0.4, 0.5) is 10.2 Å². The molecule has 5 nitrogen and oxygen atoms in total. The van der Waals surface area contributed by atoms with Gasteiger partial charge < -0.3 is 10.0 Å².